The van der Waals surface area contributed by atoms with Gasteiger partial charge in [-0.1, -0.05) is 63.5 Å². The number of aryl methyl sites for hydroxylation is 2. The van der Waals surface area contributed by atoms with Crippen molar-refractivity contribution in [2.45, 2.75) is 18.7 Å². The van der Waals surface area contributed by atoms with Crippen molar-refractivity contribution in [1.29, 1.82) is 0 Å². The summed E-state index contributed by atoms with van der Waals surface area (Å²) in [5, 5.41) is 3.94. The van der Waals surface area contributed by atoms with Crippen LogP contribution in [-0.2, 0) is 14.8 Å². The molecule has 0 aromatic heterocycles. The lowest BCUT2D eigenvalue weighted by Crippen LogP contribution is -2.39. The fraction of sp³-hybridized carbons (Fsp3) is 0.130. The van der Waals surface area contributed by atoms with E-state index in [-0.39, 0.29) is 4.90 Å². The first-order valence-corrected chi connectivity index (χ1v) is 11.7. The molecule has 0 bridgehead atoms. The lowest BCUT2D eigenvalue weighted by atomic mass is 10.2. The molecule has 8 heteroatoms. The van der Waals surface area contributed by atoms with Crippen LogP contribution in [0.15, 0.2) is 87.3 Å². The Balaban J connectivity index is 1.82. The van der Waals surface area contributed by atoms with Crippen LogP contribution in [0.25, 0.3) is 0 Å². The molecule has 1 N–H and O–H groups in total. The van der Waals surface area contributed by atoms with Gasteiger partial charge in [0.2, 0.25) is 0 Å². The number of anilines is 1. The van der Waals surface area contributed by atoms with Crippen LogP contribution in [0.1, 0.15) is 16.7 Å². The summed E-state index contributed by atoms with van der Waals surface area (Å²) in [7, 11) is -3.95. The van der Waals surface area contributed by atoms with Crippen molar-refractivity contribution >= 4 is 43.8 Å². The zero-order valence-corrected chi connectivity index (χ0v) is 19.5. The van der Waals surface area contributed by atoms with E-state index < -0.39 is 22.5 Å². The third-order valence-electron chi connectivity index (χ3n) is 4.49. The molecule has 0 aliphatic rings. The molecule has 1 amide bonds. The molecule has 0 radical (unpaired) electrons. The number of sulfonamides is 1. The zero-order chi connectivity index (χ0) is 22.4. The Morgan fingerprint density at radius 2 is 1.48 bits per heavy atom. The molecule has 0 aliphatic heterocycles. The van der Waals surface area contributed by atoms with Crippen LogP contribution in [0.5, 0.6) is 0 Å². The van der Waals surface area contributed by atoms with Crippen molar-refractivity contribution in [1.82, 2.24) is 5.43 Å². The van der Waals surface area contributed by atoms with Gasteiger partial charge in [0.25, 0.3) is 15.9 Å². The average Bonchev–Trinajstić information content (AvgIpc) is 2.74. The lowest BCUT2D eigenvalue weighted by Gasteiger charge is -2.24. The number of hydrazone groups is 1. The van der Waals surface area contributed by atoms with E-state index in [4.69, 9.17) is 0 Å². The van der Waals surface area contributed by atoms with Gasteiger partial charge in [-0.3, -0.25) is 9.10 Å². The summed E-state index contributed by atoms with van der Waals surface area (Å²) in [6.45, 7) is 3.38. The predicted octanol–water partition coefficient (Wildman–Crippen LogP) is 4.41. The van der Waals surface area contributed by atoms with Gasteiger partial charge in [-0.2, -0.15) is 5.10 Å². The quantitative estimate of drug-likeness (QED) is 0.386. The molecule has 0 heterocycles. The second kappa shape index (κ2) is 9.89. The molecule has 0 unspecified atom stereocenters. The number of halogens is 1. The monoisotopic (exact) mass is 499 g/mol. The Kier molecular flexibility index (Phi) is 7.25. The number of benzene rings is 3. The van der Waals surface area contributed by atoms with E-state index in [0.29, 0.717) is 5.69 Å². The number of carbonyl (C=O) groups is 1. The number of amides is 1. The van der Waals surface area contributed by atoms with Crippen molar-refractivity contribution in [3.05, 3.63) is 94.0 Å². The molecule has 0 saturated heterocycles. The number of rotatable bonds is 7. The van der Waals surface area contributed by atoms with Gasteiger partial charge >= 0.3 is 0 Å². The molecule has 0 fully saturated rings. The first-order valence-electron chi connectivity index (χ1n) is 9.49. The van der Waals surface area contributed by atoms with E-state index in [0.717, 1.165) is 25.5 Å². The molecule has 3 aromatic rings. The van der Waals surface area contributed by atoms with Crippen LogP contribution in [0.4, 0.5) is 5.69 Å². The highest BCUT2D eigenvalue weighted by Crippen LogP contribution is 2.24. The van der Waals surface area contributed by atoms with E-state index in [2.05, 4.69) is 26.5 Å². The second-order valence-corrected chi connectivity index (χ2v) is 9.78. The van der Waals surface area contributed by atoms with Gasteiger partial charge in [0, 0.05) is 4.47 Å². The Bertz CT molecular complexity index is 1170. The maximum Gasteiger partial charge on any atom is 0.264 e. The summed E-state index contributed by atoms with van der Waals surface area (Å²) in [5.74, 6) is -0.551. The number of hydrogen-bond donors (Lipinski definition) is 1. The number of carbonyl (C=O) groups excluding carboxylic acids is 1. The highest BCUT2D eigenvalue weighted by atomic mass is 79.9. The van der Waals surface area contributed by atoms with Gasteiger partial charge in [-0.25, -0.2) is 13.8 Å². The van der Waals surface area contributed by atoms with Crippen LogP contribution >= 0.6 is 15.9 Å². The topological polar surface area (TPSA) is 78.8 Å². The first kappa shape index (κ1) is 22.7. The van der Waals surface area contributed by atoms with Gasteiger partial charge in [-0.15, -0.1) is 0 Å². The minimum atomic E-state index is -3.95. The van der Waals surface area contributed by atoms with Crippen LogP contribution in [0.3, 0.4) is 0 Å². The smallest absolute Gasteiger partial charge is 0.264 e. The van der Waals surface area contributed by atoms with Crippen molar-refractivity contribution in [2.75, 3.05) is 10.8 Å². The molecular formula is C23H22BrN3O3S. The predicted molar refractivity (Wildman–Crippen MR) is 127 cm³/mol. The Hall–Kier alpha value is -2.97. The molecule has 0 spiro atoms. The molecule has 31 heavy (non-hydrogen) atoms. The van der Waals surface area contributed by atoms with E-state index >= 15 is 0 Å². The van der Waals surface area contributed by atoms with Crippen LogP contribution < -0.4 is 9.73 Å². The standard InChI is InChI=1S/C23H22BrN3O3S/c1-17-3-11-21(12-4-17)27(31(29,30)22-13-5-18(2)6-14-22)16-23(28)26-25-15-19-7-9-20(24)10-8-19/h3-15H,16H2,1-2H3,(H,26,28)/b25-15-. The number of nitrogens with one attached hydrogen (secondary N) is 1. The minimum absolute atomic E-state index is 0.116. The number of nitrogens with zero attached hydrogens (tertiary/aromatic N) is 2. The van der Waals surface area contributed by atoms with Crippen LogP contribution in [0.2, 0.25) is 0 Å². The van der Waals surface area contributed by atoms with E-state index in [1.807, 2.05) is 38.1 Å². The summed E-state index contributed by atoms with van der Waals surface area (Å²) in [6, 6.07) is 20.9. The minimum Gasteiger partial charge on any atom is -0.271 e. The molecule has 0 saturated carbocycles. The molecule has 3 aromatic carbocycles. The molecule has 0 aliphatic carbocycles. The zero-order valence-electron chi connectivity index (χ0n) is 17.1. The third-order valence-corrected chi connectivity index (χ3v) is 6.81. The maximum atomic E-state index is 13.3. The molecular weight excluding hydrogens is 478 g/mol. The van der Waals surface area contributed by atoms with Crippen molar-refractivity contribution in [3.8, 4) is 0 Å². The summed E-state index contributed by atoms with van der Waals surface area (Å²) >= 11 is 3.36. The molecule has 6 nitrogen and oxygen atoms in total. The van der Waals surface area contributed by atoms with E-state index in [1.54, 1.807) is 36.4 Å². The SMILES string of the molecule is Cc1ccc(N(CC(=O)N/N=C\c2ccc(Br)cc2)S(=O)(=O)c2ccc(C)cc2)cc1. The molecule has 3 rings (SSSR count). The normalized spacial score (nSPS) is 11.5. The largest absolute Gasteiger partial charge is 0.271 e. The van der Waals surface area contributed by atoms with Gasteiger partial charge in [0.15, 0.2) is 0 Å². The van der Waals surface area contributed by atoms with Crippen LogP contribution in [-0.4, -0.2) is 27.1 Å². The third kappa shape index (κ3) is 6.02. The summed E-state index contributed by atoms with van der Waals surface area (Å²) in [4.78, 5) is 12.6. The Labute approximate surface area is 190 Å². The van der Waals surface area contributed by atoms with E-state index in [1.165, 1.54) is 18.3 Å². The fourth-order valence-electron chi connectivity index (χ4n) is 2.76. The second-order valence-electron chi connectivity index (χ2n) is 7.01. The fourth-order valence-corrected chi connectivity index (χ4v) is 4.44. The van der Waals surface area contributed by atoms with Gasteiger partial charge in [0.05, 0.1) is 16.8 Å². The van der Waals surface area contributed by atoms with Crippen molar-refractivity contribution in [2.24, 2.45) is 5.10 Å². The molecule has 0 atom stereocenters. The maximum absolute atomic E-state index is 13.3. The van der Waals surface area contributed by atoms with E-state index in [9.17, 15) is 13.2 Å². The number of hydrogen-bond acceptors (Lipinski definition) is 4. The highest BCUT2D eigenvalue weighted by molar-refractivity contribution is 9.10. The van der Waals surface area contributed by atoms with Crippen LogP contribution in [0, 0.1) is 13.8 Å². The summed E-state index contributed by atoms with van der Waals surface area (Å²) < 4.78 is 28.6. The first-order chi connectivity index (χ1) is 14.8. The van der Waals surface area contributed by atoms with Gasteiger partial charge < -0.3 is 0 Å². The summed E-state index contributed by atoms with van der Waals surface area (Å²) in [5.41, 5.74) is 5.53. The van der Waals surface area contributed by atoms with Gasteiger partial charge in [-0.05, 0) is 55.8 Å². The molecule has 160 valence electrons. The average molecular weight is 500 g/mol. The van der Waals surface area contributed by atoms with Crippen molar-refractivity contribution < 1.29 is 13.2 Å². The summed E-state index contributed by atoms with van der Waals surface area (Å²) in [6.07, 6.45) is 1.50. The Morgan fingerprint density at radius 1 is 0.935 bits per heavy atom. The van der Waals surface area contributed by atoms with Gasteiger partial charge in [0.1, 0.15) is 6.54 Å². The van der Waals surface area contributed by atoms with Crippen molar-refractivity contribution in [3.63, 3.8) is 0 Å². The lowest BCUT2D eigenvalue weighted by molar-refractivity contribution is -0.119. The Morgan fingerprint density at radius 3 is 2.06 bits per heavy atom. The highest BCUT2D eigenvalue weighted by Gasteiger charge is 2.27.